The predicted octanol–water partition coefficient (Wildman–Crippen LogP) is 11.8. The molecule has 0 radical (unpaired) electrons. The summed E-state index contributed by atoms with van der Waals surface area (Å²) in [5.74, 6) is -3.75. The lowest BCUT2D eigenvalue weighted by Crippen LogP contribution is -2.50. The van der Waals surface area contributed by atoms with E-state index >= 15 is 0 Å². The van der Waals surface area contributed by atoms with Crippen LogP contribution in [0, 0.1) is 11.6 Å². The molecule has 3 amide bonds. The number of aliphatic carboxylic acids is 1. The number of alkyl carbamates (subject to hydrolysis) is 3. The number of carboxylic acids is 1. The number of quaternary nitrogens is 1. The van der Waals surface area contributed by atoms with E-state index in [4.69, 9.17) is 47.3 Å². The molecular weight excluding hydrogens is 1330 g/mol. The van der Waals surface area contributed by atoms with Gasteiger partial charge in [-0.3, -0.25) is 38.5 Å². The number of rotatable bonds is 35. The van der Waals surface area contributed by atoms with Gasteiger partial charge >= 0.3 is 56.9 Å². The predicted molar refractivity (Wildman–Crippen MR) is 360 cm³/mol. The Morgan fingerprint density at radius 2 is 0.915 bits per heavy atom. The van der Waals surface area contributed by atoms with E-state index in [1.807, 2.05) is 25.8 Å². The average Bonchev–Trinajstić information content (AvgIpc) is 0.891. The molecule has 0 saturated heterocycles. The standard InChI is InChI=1S/C16H24FN3O6.C16H36N.C12H22ClNO4.C11H21NO4.C4H3FN2O2.CH2Cl2O3S.CH4/c1-16(2,3)26-15(24)18-8-6-4-5-7-12(21)25-10-20-9-11(17)13(22)19-14(20)23;1-5-9-13-17(14-10-6-2,15-11-7-3)16-12-8-4;1-12(2,3)18-11(16)14-8-6-4-5-7-10(15)17-9-13;1-11(2,3)16-10(15)12-8-6-4-5-7-9(13)14;5-2-1-6-4(9)7-3(2)8;2-1-6-7(3,4)5;/h9H,4-8,10H2,1-3H3,(H,18,24)(H,19,22,23);5-16H2,1-4H3;4-9H2,1-3H3,(H,14,16);4-8H2,1-3H3,(H,12,15)(H,13,14);1H,(H2,6,7,8,9);1H2;1H4/q;+1;;;;;. The molecule has 0 saturated carbocycles. The Balaban J connectivity index is -0.000000350. The van der Waals surface area contributed by atoms with Gasteiger partial charge in [0, 0.05) is 55.8 Å². The second-order valence-electron chi connectivity index (χ2n) is 23.8. The molecule has 7 N–H and O–H groups in total. The summed E-state index contributed by atoms with van der Waals surface area (Å²) in [5, 5.41) is 16.3. The van der Waals surface area contributed by atoms with Crippen LogP contribution < -0.4 is 38.4 Å². The van der Waals surface area contributed by atoms with Gasteiger partial charge in [0.15, 0.2) is 12.8 Å². The summed E-state index contributed by atoms with van der Waals surface area (Å²) in [6.45, 7) is 32.2. The summed E-state index contributed by atoms with van der Waals surface area (Å²) in [7, 11) is 0.665. The zero-order chi connectivity index (χ0) is 72.1. The maximum atomic E-state index is 13.1. The van der Waals surface area contributed by atoms with Gasteiger partial charge < -0.3 is 54.2 Å². The van der Waals surface area contributed by atoms with Crippen molar-refractivity contribution in [2.45, 2.75) is 249 Å². The number of hydrogen-bond donors (Lipinski definition) is 7. The van der Waals surface area contributed by atoms with Gasteiger partial charge in [-0.1, -0.05) is 103 Å². The number of aromatic amines is 3. The minimum atomic E-state index is -3.83. The third-order valence-corrected chi connectivity index (χ3v) is 12.7. The van der Waals surface area contributed by atoms with Crippen LogP contribution in [0.4, 0.5) is 23.2 Å². The van der Waals surface area contributed by atoms with E-state index in [9.17, 15) is 65.1 Å². The number of esters is 2. The fourth-order valence-electron chi connectivity index (χ4n) is 7.25. The topological polar surface area (TPSA) is 369 Å². The first-order valence-electron chi connectivity index (χ1n) is 31.2. The number of unbranched alkanes of at least 4 members (excludes halogenated alkanes) is 10. The number of carbonyl (C=O) groups excluding carboxylic acids is 5. The molecule has 2 aromatic rings. The third kappa shape index (κ3) is 66.2. The van der Waals surface area contributed by atoms with Gasteiger partial charge in [0.05, 0.1) is 32.4 Å². The van der Waals surface area contributed by atoms with Gasteiger partial charge in [0.2, 0.25) is 11.6 Å². The van der Waals surface area contributed by atoms with Gasteiger partial charge in [-0.15, -0.1) is 0 Å². The number of hydrogen-bond acceptors (Lipinski definition) is 18. The zero-order valence-electron chi connectivity index (χ0n) is 56.9. The van der Waals surface area contributed by atoms with Crippen molar-refractivity contribution in [3.05, 3.63) is 65.7 Å². The van der Waals surface area contributed by atoms with E-state index in [1.54, 1.807) is 51.5 Å². The Labute approximate surface area is 568 Å². The smallest absolute Gasteiger partial charge is 0.407 e. The van der Waals surface area contributed by atoms with Crippen LogP contribution in [0.3, 0.4) is 0 Å². The number of carboxylic acid groups (broad SMARTS) is 1. The van der Waals surface area contributed by atoms with Crippen LogP contribution in [-0.4, -0.2) is 148 Å². The third-order valence-electron chi connectivity index (χ3n) is 11.6. The van der Waals surface area contributed by atoms with Crippen LogP contribution in [-0.2, 0) is 58.3 Å². The summed E-state index contributed by atoms with van der Waals surface area (Å²) in [4.78, 5) is 115. The van der Waals surface area contributed by atoms with E-state index in [-0.39, 0.29) is 32.3 Å². The number of aromatic nitrogens is 4. The number of amides is 3. The fraction of sp³-hybridized carbons (Fsp3) is 0.770. The van der Waals surface area contributed by atoms with Crippen molar-refractivity contribution >= 4 is 79.4 Å². The van der Waals surface area contributed by atoms with Crippen molar-refractivity contribution in [1.82, 2.24) is 35.5 Å². The normalized spacial score (nSPS) is 11.0. The van der Waals surface area contributed by atoms with Crippen LogP contribution in [0.2, 0.25) is 0 Å². The summed E-state index contributed by atoms with van der Waals surface area (Å²) in [6.07, 6.45) is 18.2. The maximum absolute atomic E-state index is 13.1. The number of halogens is 5. The molecule has 2 rings (SSSR count). The van der Waals surface area contributed by atoms with Gasteiger partial charge in [-0.25, -0.2) is 28.2 Å². The highest BCUT2D eigenvalue weighted by molar-refractivity contribution is 8.10. The fourth-order valence-corrected chi connectivity index (χ4v) is 8.10. The van der Waals surface area contributed by atoms with Crippen LogP contribution in [0.15, 0.2) is 31.6 Å². The van der Waals surface area contributed by atoms with Crippen molar-refractivity contribution < 1.29 is 83.4 Å². The molecule has 2 heterocycles. The molecule has 0 aromatic carbocycles. The number of H-pyrrole nitrogens is 3. The van der Waals surface area contributed by atoms with Gasteiger partial charge in [-0.05, 0) is 127 Å². The minimum absolute atomic E-state index is 0. The highest BCUT2D eigenvalue weighted by atomic mass is 35.7. The Bertz CT molecular complexity index is 2700. The lowest BCUT2D eigenvalue weighted by atomic mass is 10.1. The molecule has 33 heteroatoms. The summed E-state index contributed by atoms with van der Waals surface area (Å²) in [5.41, 5.74) is -5.21. The van der Waals surface area contributed by atoms with Crippen LogP contribution >= 0.6 is 33.9 Å². The highest BCUT2D eigenvalue weighted by Crippen LogP contribution is 2.17. The van der Waals surface area contributed by atoms with E-state index in [0.717, 1.165) is 36.7 Å². The minimum Gasteiger partial charge on any atom is -0.481 e. The van der Waals surface area contributed by atoms with E-state index < -0.39 is 103 Å². The van der Waals surface area contributed by atoms with Crippen molar-refractivity contribution in [3.63, 3.8) is 0 Å². The number of carbonyl (C=O) groups is 6. The number of ether oxygens (including phenoxy) is 5. The molecule has 0 spiro atoms. The molecular formula is C61H112Cl3F2N8O19S+. The first kappa shape index (κ1) is 96.9. The molecule has 27 nitrogen and oxygen atoms in total. The van der Waals surface area contributed by atoms with Crippen LogP contribution in [0.25, 0.3) is 0 Å². The number of nitrogens with one attached hydrogen (secondary N) is 6. The first-order valence-corrected chi connectivity index (χ1v) is 34.5. The molecule has 550 valence electrons. The molecule has 0 aliphatic rings. The molecule has 0 atom stereocenters. The van der Waals surface area contributed by atoms with Gasteiger partial charge in [-0.2, -0.15) is 17.2 Å². The lowest BCUT2D eigenvalue weighted by Gasteiger charge is -2.39. The average molecular weight is 1440 g/mol. The van der Waals surface area contributed by atoms with Crippen LogP contribution in [0.1, 0.15) is 226 Å². The van der Waals surface area contributed by atoms with E-state index in [1.165, 1.54) is 82.0 Å². The van der Waals surface area contributed by atoms with E-state index in [2.05, 4.69) is 63.2 Å². The van der Waals surface area contributed by atoms with Crippen molar-refractivity contribution in [2.24, 2.45) is 0 Å². The molecule has 94 heavy (non-hydrogen) atoms. The first-order chi connectivity index (χ1) is 43.2. The summed E-state index contributed by atoms with van der Waals surface area (Å²) >= 11 is 10.0. The lowest BCUT2D eigenvalue weighted by molar-refractivity contribution is -0.929. The Hall–Kier alpha value is -5.82. The monoisotopic (exact) mass is 1440 g/mol. The maximum Gasteiger partial charge on any atom is 0.407 e. The number of nitrogens with zero attached hydrogens (tertiary/aromatic N) is 2. The van der Waals surface area contributed by atoms with Gasteiger partial charge in [0.25, 0.3) is 11.1 Å². The van der Waals surface area contributed by atoms with Gasteiger partial charge in [0.1, 0.15) is 22.9 Å². The van der Waals surface area contributed by atoms with Crippen molar-refractivity contribution in [2.75, 3.05) is 57.9 Å². The largest absolute Gasteiger partial charge is 0.481 e. The molecule has 0 aliphatic heterocycles. The highest BCUT2D eigenvalue weighted by Gasteiger charge is 2.25. The second-order valence-corrected chi connectivity index (χ2v) is 26.4. The molecule has 2 aromatic heterocycles. The summed E-state index contributed by atoms with van der Waals surface area (Å²) in [6, 6.07) is -0.537. The Morgan fingerprint density at radius 3 is 1.21 bits per heavy atom. The van der Waals surface area contributed by atoms with Crippen molar-refractivity contribution in [1.29, 1.82) is 0 Å². The Kier molecular flexibility index (Phi) is 58.1. The SMILES string of the molecule is C.CC(C)(C)OC(=O)NCCCCCC(=O)O.CC(C)(C)OC(=O)NCCCCCC(=O)OCCl.CC(C)(C)OC(=O)NCCCCCC(=O)OCn1cc(F)c(=O)[nH]c1=O.CCCC[N+](CCCC)(CCCC)CCCC.O=S(=O)(Cl)OCCl.O=c1[nH]cc(F)c(=O)[nH]1. The van der Waals surface area contributed by atoms with Crippen LogP contribution in [0.5, 0.6) is 0 Å². The van der Waals surface area contributed by atoms with E-state index in [0.29, 0.717) is 64.1 Å². The second kappa shape index (κ2) is 56.4. The number of alkyl halides is 2. The Morgan fingerprint density at radius 1 is 0.553 bits per heavy atom. The summed E-state index contributed by atoms with van der Waals surface area (Å²) < 4.78 is 75.0. The molecule has 0 unspecified atom stereocenters. The quantitative estimate of drug-likeness (QED) is 0.00841. The van der Waals surface area contributed by atoms with Crippen molar-refractivity contribution in [3.8, 4) is 0 Å². The molecule has 0 aliphatic carbocycles. The molecule has 0 fully saturated rings. The molecule has 0 bridgehead atoms. The zero-order valence-corrected chi connectivity index (χ0v) is 59.9.